The minimum atomic E-state index is -0.418. The lowest BCUT2D eigenvalue weighted by Gasteiger charge is -2.09. The van der Waals surface area contributed by atoms with Crippen LogP contribution < -0.4 is 24.4 Å². The fourth-order valence-electron chi connectivity index (χ4n) is 3.13. The third kappa shape index (κ3) is 5.68. The van der Waals surface area contributed by atoms with Gasteiger partial charge in [0.2, 0.25) is 11.2 Å². The molecule has 4 rings (SSSR count). The molecular formula is C26H21ClO7. The lowest BCUT2D eigenvalue weighted by atomic mass is 10.2. The van der Waals surface area contributed by atoms with Crippen LogP contribution in [-0.4, -0.2) is 19.7 Å². The van der Waals surface area contributed by atoms with Crippen molar-refractivity contribution >= 4 is 28.5 Å². The molecule has 4 aromatic rings. The number of ether oxygens (including phenoxy) is 4. The molecule has 0 radical (unpaired) electrons. The smallest absolute Gasteiger partial charge is 0.311 e. The molecular weight excluding hydrogens is 460 g/mol. The van der Waals surface area contributed by atoms with Gasteiger partial charge in [-0.05, 0) is 55.0 Å². The van der Waals surface area contributed by atoms with Gasteiger partial charge in [-0.1, -0.05) is 23.7 Å². The summed E-state index contributed by atoms with van der Waals surface area (Å²) in [5, 5.41) is 0.663. The topological polar surface area (TPSA) is 84.2 Å². The second kappa shape index (κ2) is 10.8. The van der Waals surface area contributed by atoms with E-state index < -0.39 is 5.97 Å². The Balaban J connectivity index is 1.33. The number of carbonyl (C=O) groups excluding carboxylic acids is 1. The molecule has 0 saturated heterocycles. The van der Waals surface area contributed by atoms with Crippen LogP contribution in [-0.2, 0) is 4.79 Å². The van der Waals surface area contributed by atoms with Gasteiger partial charge < -0.3 is 23.4 Å². The minimum Gasteiger partial charge on any atom is -0.497 e. The van der Waals surface area contributed by atoms with E-state index >= 15 is 0 Å². The molecule has 8 heteroatoms. The third-order valence-electron chi connectivity index (χ3n) is 4.86. The SMILES string of the molecule is COc1ccc(OCCCC(=O)Oc2ccc3c(=O)c(Oc4ccccc4Cl)coc3c2)cc1. The van der Waals surface area contributed by atoms with Crippen LogP contribution in [0.15, 0.2) is 82.2 Å². The Bertz CT molecular complexity index is 1350. The number of rotatable bonds is 9. The maximum absolute atomic E-state index is 12.7. The van der Waals surface area contributed by atoms with E-state index in [1.165, 1.54) is 24.5 Å². The summed E-state index contributed by atoms with van der Waals surface area (Å²) in [6.07, 6.45) is 1.86. The minimum absolute atomic E-state index is 0.00204. The zero-order valence-corrected chi connectivity index (χ0v) is 19.0. The van der Waals surface area contributed by atoms with Gasteiger partial charge in [0, 0.05) is 12.5 Å². The molecule has 0 N–H and O–H groups in total. The van der Waals surface area contributed by atoms with Gasteiger partial charge in [-0.15, -0.1) is 0 Å². The van der Waals surface area contributed by atoms with E-state index in [0.717, 1.165) is 5.75 Å². The quantitative estimate of drug-likeness (QED) is 0.165. The number of para-hydroxylation sites is 1. The van der Waals surface area contributed by atoms with Crippen molar-refractivity contribution in [3.63, 3.8) is 0 Å². The number of carbonyl (C=O) groups is 1. The van der Waals surface area contributed by atoms with Crippen LogP contribution in [0.3, 0.4) is 0 Å². The molecule has 0 aliphatic rings. The summed E-state index contributed by atoms with van der Waals surface area (Å²) in [7, 11) is 1.60. The average Bonchev–Trinajstić information content (AvgIpc) is 2.85. The van der Waals surface area contributed by atoms with Crippen LogP contribution in [0.25, 0.3) is 11.0 Å². The third-order valence-corrected chi connectivity index (χ3v) is 5.17. The first kappa shape index (κ1) is 23.2. The molecule has 3 aromatic carbocycles. The first-order chi connectivity index (χ1) is 16.5. The van der Waals surface area contributed by atoms with Crippen molar-refractivity contribution in [2.75, 3.05) is 13.7 Å². The Kier molecular flexibility index (Phi) is 7.34. The van der Waals surface area contributed by atoms with E-state index in [4.69, 9.17) is 35.0 Å². The monoisotopic (exact) mass is 480 g/mol. The van der Waals surface area contributed by atoms with Crippen molar-refractivity contribution in [1.29, 1.82) is 0 Å². The molecule has 7 nitrogen and oxygen atoms in total. The highest BCUT2D eigenvalue weighted by Crippen LogP contribution is 2.29. The van der Waals surface area contributed by atoms with E-state index in [9.17, 15) is 9.59 Å². The number of hydrogen-bond donors (Lipinski definition) is 0. The number of benzene rings is 3. The standard InChI is InChI=1S/C26H21ClO7/c1-30-17-8-10-18(11-9-17)31-14-4-7-25(28)33-19-12-13-20-23(15-19)32-16-24(26(20)29)34-22-6-3-2-5-21(22)27/h2-3,5-6,8-13,15-16H,4,7,14H2,1H3. The van der Waals surface area contributed by atoms with E-state index in [2.05, 4.69) is 0 Å². The first-order valence-corrected chi connectivity index (χ1v) is 10.9. The fraction of sp³-hybridized carbons (Fsp3) is 0.154. The molecule has 0 atom stereocenters. The summed E-state index contributed by atoms with van der Waals surface area (Å²) >= 11 is 6.08. The number of fused-ring (bicyclic) bond motifs is 1. The Morgan fingerprint density at radius 3 is 2.44 bits per heavy atom. The highest BCUT2D eigenvalue weighted by atomic mass is 35.5. The second-order valence-electron chi connectivity index (χ2n) is 7.22. The Labute approximate surface area is 200 Å². The van der Waals surface area contributed by atoms with E-state index in [0.29, 0.717) is 29.5 Å². The predicted octanol–water partition coefficient (Wildman–Crippen LogP) is 6.01. The van der Waals surface area contributed by atoms with Crippen molar-refractivity contribution in [3.05, 3.63) is 88.2 Å². The molecule has 0 spiro atoms. The van der Waals surface area contributed by atoms with Gasteiger partial charge in [0.05, 0.1) is 24.1 Å². The first-order valence-electron chi connectivity index (χ1n) is 10.5. The summed E-state index contributed by atoms with van der Waals surface area (Å²) in [4.78, 5) is 24.9. The van der Waals surface area contributed by atoms with E-state index in [1.807, 2.05) is 0 Å². The molecule has 0 bridgehead atoms. The molecule has 1 aromatic heterocycles. The number of methoxy groups -OCH3 is 1. The molecule has 0 unspecified atom stereocenters. The van der Waals surface area contributed by atoms with Gasteiger partial charge >= 0.3 is 5.97 Å². The lowest BCUT2D eigenvalue weighted by Crippen LogP contribution is -2.10. The van der Waals surface area contributed by atoms with Crippen molar-refractivity contribution in [3.8, 4) is 28.7 Å². The number of esters is 1. The Morgan fingerprint density at radius 2 is 1.68 bits per heavy atom. The molecule has 0 amide bonds. The maximum Gasteiger partial charge on any atom is 0.311 e. The van der Waals surface area contributed by atoms with Gasteiger partial charge in [-0.3, -0.25) is 9.59 Å². The van der Waals surface area contributed by atoms with Crippen molar-refractivity contribution in [1.82, 2.24) is 0 Å². The largest absolute Gasteiger partial charge is 0.497 e. The molecule has 0 aliphatic heterocycles. The second-order valence-corrected chi connectivity index (χ2v) is 7.63. The fourth-order valence-corrected chi connectivity index (χ4v) is 3.31. The molecule has 0 fully saturated rings. The van der Waals surface area contributed by atoms with Gasteiger partial charge in [0.1, 0.15) is 34.8 Å². The van der Waals surface area contributed by atoms with E-state index in [-0.39, 0.29) is 34.3 Å². The summed E-state index contributed by atoms with van der Waals surface area (Å²) in [5.41, 5.74) is -0.0978. The van der Waals surface area contributed by atoms with Crippen LogP contribution in [0, 0.1) is 0 Å². The number of hydrogen-bond acceptors (Lipinski definition) is 7. The molecule has 0 aliphatic carbocycles. The van der Waals surface area contributed by atoms with Crippen LogP contribution in [0.4, 0.5) is 0 Å². The highest BCUT2D eigenvalue weighted by molar-refractivity contribution is 6.32. The molecule has 0 saturated carbocycles. The zero-order valence-electron chi connectivity index (χ0n) is 18.3. The highest BCUT2D eigenvalue weighted by Gasteiger charge is 2.13. The van der Waals surface area contributed by atoms with Gasteiger partial charge in [0.15, 0.2) is 0 Å². The lowest BCUT2D eigenvalue weighted by molar-refractivity contribution is -0.134. The van der Waals surface area contributed by atoms with Crippen molar-refractivity contribution < 1.29 is 28.2 Å². The van der Waals surface area contributed by atoms with E-state index in [1.54, 1.807) is 55.6 Å². The maximum atomic E-state index is 12.7. The summed E-state index contributed by atoms with van der Waals surface area (Å²) in [6.45, 7) is 0.363. The summed E-state index contributed by atoms with van der Waals surface area (Å²) in [6, 6.07) is 18.5. The van der Waals surface area contributed by atoms with Crippen molar-refractivity contribution in [2.24, 2.45) is 0 Å². The molecule has 174 valence electrons. The Hall–Kier alpha value is -3.97. The molecule has 34 heavy (non-hydrogen) atoms. The zero-order chi connectivity index (χ0) is 23.9. The average molecular weight is 481 g/mol. The van der Waals surface area contributed by atoms with Crippen LogP contribution in [0.5, 0.6) is 28.7 Å². The van der Waals surface area contributed by atoms with Crippen LogP contribution in [0.2, 0.25) is 5.02 Å². The summed E-state index contributed by atoms with van der Waals surface area (Å²) < 4.78 is 27.2. The van der Waals surface area contributed by atoms with Gasteiger partial charge in [-0.2, -0.15) is 0 Å². The molecule has 1 heterocycles. The van der Waals surface area contributed by atoms with Crippen LogP contribution >= 0.6 is 11.6 Å². The summed E-state index contributed by atoms with van der Waals surface area (Å²) in [5.74, 6) is 1.64. The number of halogens is 1. The van der Waals surface area contributed by atoms with Gasteiger partial charge in [0.25, 0.3) is 0 Å². The normalized spacial score (nSPS) is 10.6. The Morgan fingerprint density at radius 1 is 0.941 bits per heavy atom. The van der Waals surface area contributed by atoms with Crippen LogP contribution in [0.1, 0.15) is 12.8 Å². The predicted molar refractivity (Wildman–Crippen MR) is 127 cm³/mol. The van der Waals surface area contributed by atoms with Gasteiger partial charge in [-0.25, -0.2) is 0 Å². The van der Waals surface area contributed by atoms with Crippen molar-refractivity contribution in [2.45, 2.75) is 12.8 Å².